The van der Waals surface area contributed by atoms with Crippen LogP contribution in [0.25, 0.3) is 5.69 Å². The minimum absolute atomic E-state index is 0.468. The molecule has 1 saturated heterocycles. The molecule has 0 radical (unpaired) electrons. The third-order valence-corrected chi connectivity index (χ3v) is 4.42. The number of alkyl halides is 3. The smallest absolute Gasteiger partial charge is 0.435 e. The van der Waals surface area contributed by atoms with Crippen molar-refractivity contribution >= 4 is 0 Å². The van der Waals surface area contributed by atoms with Gasteiger partial charge in [0.05, 0.1) is 11.7 Å². The third kappa shape index (κ3) is 3.56. The van der Waals surface area contributed by atoms with Crippen molar-refractivity contribution in [3.63, 3.8) is 0 Å². The second-order valence-corrected chi connectivity index (χ2v) is 6.50. The van der Waals surface area contributed by atoms with Crippen LogP contribution in [-0.2, 0) is 6.18 Å². The second kappa shape index (κ2) is 5.81. The fourth-order valence-corrected chi connectivity index (χ4v) is 2.76. The monoisotopic (exact) mass is 337 g/mol. The Morgan fingerprint density at radius 1 is 1.21 bits per heavy atom. The van der Waals surface area contributed by atoms with Crippen LogP contribution in [-0.4, -0.2) is 40.4 Å². The maximum Gasteiger partial charge on any atom is 0.435 e. The number of halogens is 3. The molecule has 2 fully saturated rings. The van der Waals surface area contributed by atoms with Crippen LogP contribution in [0.15, 0.2) is 36.5 Å². The Bertz CT molecular complexity index is 724. The van der Waals surface area contributed by atoms with Crippen molar-refractivity contribution in [3.8, 4) is 11.4 Å². The first-order valence-electron chi connectivity index (χ1n) is 8.09. The second-order valence-electron chi connectivity index (χ2n) is 6.50. The van der Waals surface area contributed by atoms with Gasteiger partial charge in [0.15, 0.2) is 5.69 Å². The molecule has 1 aliphatic heterocycles. The fraction of sp³-hybridized carbons (Fsp3) is 0.471. The zero-order valence-electron chi connectivity index (χ0n) is 13.0. The lowest BCUT2D eigenvalue weighted by atomic mass is 10.3. The SMILES string of the molecule is FC(F)(F)c1ccn(-c2cccc(OCC3CN3CC3CC3)c2)n1. The first-order valence-corrected chi connectivity index (χ1v) is 8.09. The number of ether oxygens (including phenoxy) is 1. The zero-order chi connectivity index (χ0) is 16.7. The Morgan fingerprint density at radius 2 is 2.04 bits per heavy atom. The van der Waals surface area contributed by atoms with E-state index in [1.54, 1.807) is 18.2 Å². The molecule has 2 aliphatic rings. The summed E-state index contributed by atoms with van der Waals surface area (Å²) < 4.78 is 44.9. The molecule has 0 spiro atoms. The van der Waals surface area contributed by atoms with Gasteiger partial charge >= 0.3 is 6.18 Å². The van der Waals surface area contributed by atoms with Crippen LogP contribution in [0.1, 0.15) is 18.5 Å². The Hall–Kier alpha value is -2.02. The Balaban J connectivity index is 1.37. The lowest BCUT2D eigenvalue weighted by Crippen LogP contribution is -2.13. The van der Waals surface area contributed by atoms with E-state index >= 15 is 0 Å². The van der Waals surface area contributed by atoms with Crippen molar-refractivity contribution in [1.82, 2.24) is 14.7 Å². The summed E-state index contributed by atoms with van der Waals surface area (Å²) in [7, 11) is 0. The van der Waals surface area contributed by atoms with Crippen LogP contribution in [0, 0.1) is 5.92 Å². The molecule has 0 N–H and O–H groups in total. The van der Waals surface area contributed by atoms with Gasteiger partial charge in [-0.15, -0.1) is 0 Å². The molecule has 1 aromatic heterocycles. The Labute approximate surface area is 137 Å². The number of hydrogen-bond donors (Lipinski definition) is 0. The lowest BCUT2D eigenvalue weighted by Gasteiger charge is -2.09. The van der Waals surface area contributed by atoms with Crippen molar-refractivity contribution in [3.05, 3.63) is 42.2 Å². The Morgan fingerprint density at radius 3 is 2.75 bits per heavy atom. The van der Waals surface area contributed by atoms with Crippen LogP contribution in [0.4, 0.5) is 13.2 Å². The summed E-state index contributed by atoms with van der Waals surface area (Å²) in [5, 5.41) is 3.58. The van der Waals surface area contributed by atoms with E-state index in [1.807, 2.05) is 6.07 Å². The van der Waals surface area contributed by atoms with Crippen molar-refractivity contribution in [2.75, 3.05) is 19.7 Å². The van der Waals surface area contributed by atoms with Gasteiger partial charge in [-0.1, -0.05) is 6.07 Å². The predicted molar refractivity (Wildman–Crippen MR) is 82.1 cm³/mol. The minimum Gasteiger partial charge on any atom is -0.492 e. The average Bonchev–Trinajstić information content (AvgIpc) is 3.45. The number of nitrogens with zero attached hydrogens (tertiary/aromatic N) is 3. The molecule has 2 unspecified atom stereocenters. The van der Waals surface area contributed by atoms with Crippen LogP contribution in [0.5, 0.6) is 5.75 Å². The van der Waals surface area contributed by atoms with Crippen molar-refractivity contribution < 1.29 is 17.9 Å². The summed E-state index contributed by atoms with van der Waals surface area (Å²) in [6.07, 6.45) is -0.442. The van der Waals surface area contributed by atoms with Crippen LogP contribution in [0.3, 0.4) is 0 Å². The molecule has 24 heavy (non-hydrogen) atoms. The van der Waals surface area contributed by atoms with E-state index in [1.165, 1.54) is 30.3 Å². The summed E-state index contributed by atoms with van der Waals surface area (Å²) in [6, 6.07) is 8.42. The van der Waals surface area contributed by atoms with E-state index in [9.17, 15) is 13.2 Å². The van der Waals surface area contributed by atoms with Gasteiger partial charge in [-0.2, -0.15) is 18.3 Å². The first-order chi connectivity index (χ1) is 11.5. The summed E-state index contributed by atoms with van der Waals surface area (Å²) >= 11 is 0. The largest absolute Gasteiger partial charge is 0.492 e. The topological polar surface area (TPSA) is 30.1 Å². The van der Waals surface area contributed by atoms with E-state index in [2.05, 4.69) is 10.00 Å². The molecule has 4 nitrogen and oxygen atoms in total. The van der Waals surface area contributed by atoms with E-state index in [0.29, 0.717) is 24.1 Å². The fourth-order valence-electron chi connectivity index (χ4n) is 2.76. The highest BCUT2D eigenvalue weighted by atomic mass is 19.4. The van der Waals surface area contributed by atoms with Crippen molar-refractivity contribution in [2.24, 2.45) is 5.92 Å². The highest BCUT2D eigenvalue weighted by molar-refractivity contribution is 5.39. The molecule has 128 valence electrons. The van der Waals surface area contributed by atoms with Crippen LogP contribution in [0.2, 0.25) is 0 Å². The normalized spacial score (nSPS) is 23.3. The standard InChI is InChI=1S/C17H18F3N3O/c18-17(19,20)16-6-7-23(21-16)13-2-1-3-15(8-13)24-11-14-10-22(14)9-12-4-5-12/h1-3,6-8,12,14H,4-5,9-11H2. The molecule has 2 heterocycles. The zero-order valence-corrected chi connectivity index (χ0v) is 13.0. The molecule has 1 aliphatic carbocycles. The van der Waals surface area contributed by atoms with Gasteiger partial charge < -0.3 is 4.74 Å². The summed E-state index contributed by atoms with van der Waals surface area (Å²) in [5.74, 6) is 1.52. The third-order valence-electron chi connectivity index (χ3n) is 4.42. The maximum atomic E-state index is 12.6. The summed E-state index contributed by atoms with van der Waals surface area (Å²) in [6.45, 7) is 2.86. The highest BCUT2D eigenvalue weighted by Gasteiger charge is 2.38. The van der Waals surface area contributed by atoms with Gasteiger partial charge in [-0.25, -0.2) is 4.68 Å². The van der Waals surface area contributed by atoms with Gasteiger partial charge in [-0.3, -0.25) is 4.90 Å². The quantitative estimate of drug-likeness (QED) is 0.757. The van der Waals surface area contributed by atoms with Crippen molar-refractivity contribution in [2.45, 2.75) is 25.1 Å². The minimum atomic E-state index is -4.43. The maximum absolute atomic E-state index is 12.6. The van der Waals surface area contributed by atoms with E-state index < -0.39 is 11.9 Å². The molecular formula is C17H18F3N3O. The van der Waals surface area contributed by atoms with Gasteiger partial charge in [0.1, 0.15) is 12.4 Å². The highest BCUT2D eigenvalue weighted by Crippen LogP contribution is 2.33. The van der Waals surface area contributed by atoms with Crippen LogP contribution >= 0.6 is 0 Å². The number of benzene rings is 1. The lowest BCUT2D eigenvalue weighted by molar-refractivity contribution is -0.141. The molecule has 4 rings (SSSR count). The molecule has 0 bridgehead atoms. The average molecular weight is 337 g/mol. The predicted octanol–water partition coefficient (Wildman–Crippen LogP) is 3.36. The van der Waals surface area contributed by atoms with Gasteiger partial charge in [0.2, 0.25) is 0 Å². The van der Waals surface area contributed by atoms with E-state index in [-0.39, 0.29) is 0 Å². The first kappa shape index (κ1) is 15.5. The molecule has 2 atom stereocenters. The summed E-state index contributed by atoms with van der Waals surface area (Å²) in [4.78, 5) is 2.41. The van der Waals surface area contributed by atoms with Gasteiger partial charge in [-0.05, 0) is 37.0 Å². The molecule has 1 saturated carbocycles. The van der Waals surface area contributed by atoms with Gasteiger partial charge in [0.25, 0.3) is 0 Å². The molecule has 7 heteroatoms. The number of aromatic nitrogens is 2. The molecule has 2 aromatic rings. The Kier molecular flexibility index (Phi) is 3.75. The molecule has 1 aromatic carbocycles. The molecular weight excluding hydrogens is 319 g/mol. The summed E-state index contributed by atoms with van der Waals surface area (Å²) in [5.41, 5.74) is -0.351. The number of hydrogen-bond acceptors (Lipinski definition) is 3. The van der Waals surface area contributed by atoms with Gasteiger partial charge in [0, 0.05) is 25.4 Å². The molecule has 0 amide bonds. The van der Waals surface area contributed by atoms with E-state index in [4.69, 9.17) is 4.74 Å². The van der Waals surface area contributed by atoms with E-state index in [0.717, 1.165) is 18.5 Å². The van der Waals surface area contributed by atoms with Crippen LogP contribution < -0.4 is 4.74 Å². The van der Waals surface area contributed by atoms with Crippen molar-refractivity contribution in [1.29, 1.82) is 0 Å². The number of rotatable bonds is 6.